The minimum Gasteiger partial charge on any atom is -0.339 e. The van der Waals surface area contributed by atoms with Gasteiger partial charge in [-0.25, -0.2) is 0 Å². The highest BCUT2D eigenvalue weighted by Gasteiger charge is 2.07. The van der Waals surface area contributed by atoms with Crippen LogP contribution in [0.5, 0.6) is 0 Å². The molecule has 174 valence electrons. The summed E-state index contributed by atoms with van der Waals surface area (Å²) in [6.07, 6.45) is 1.57. The Morgan fingerprint density at radius 3 is 2.18 bits per heavy atom. The Kier molecular flexibility index (Phi) is 8.82. The van der Waals surface area contributed by atoms with Gasteiger partial charge in [-0.2, -0.15) is 16.7 Å². The van der Waals surface area contributed by atoms with E-state index in [1.165, 1.54) is 34.2 Å². The monoisotopic (exact) mass is 489 g/mol. The van der Waals surface area contributed by atoms with E-state index in [1.54, 1.807) is 6.92 Å². The number of nitrogens with one attached hydrogen (secondary N) is 1. The number of benzene rings is 3. The Morgan fingerprint density at radius 2 is 1.53 bits per heavy atom. The molecule has 0 unspecified atom stereocenters. The van der Waals surface area contributed by atoms with E-state index in [2.05, 4.69) is 63.4 Å². The Morgan fingerprint density at radius 1 is 0.882 bits per heavy atom. The number of hydrogen-bond donors (Lipinski definition) is 1. The third-order valence-corrected chi connectivity index (χ3v) is 7.08. The summed E-state index contributed by atoms with van der Waals surface area (Å²) in [5.41, 5.74) is 5.67. The van der Waals surface area contributed by atoms with Crippen molar-refractivity contribution >= 4 is 29.6 Å². The molecule has 0 fully saturated rings. The zero-order valence-electron chi connectivity index (χ0n) is 19.1. The number of carbonyl (C=O) groups is 1. The first-order chi connectivity index (χ1) is 16.7. The van der Waals surface area contributed by atoms with Crippen LogP contribution in [0.2, 0.25) is 0 Å². The van der Waals surface area contributed by atoms with Crippen molar-refractivity contribution in [3.63, 3.8) is 0 Å². The second-order valence-electron chi connectivity index (χ2n) is 7.87. The van der Waals surface area contributed by atoms with Crippen LogP contribution >= 0.6 is 23.7 Å². The van der Waals surface area contributed by atoms with Crippen molar-refractivity contribution in [3.05, 3.63) is 107 Å². The molecular weight excluding hydrogens is 462 g/mol. The van der Waals surface area contributed by atoms with Crippen molar-refractivity contribution in [3.8, 4) is 11.1 Å². The van der Waals surface area contributed by atoms with E-state index in [4.69, 9.17) is 4.52 Å². The lowest BCUT2D eigenvalue weighted by atomic mass is 10.0. The third kappa shape index (κ3) is 7.23. The molecule has 0 saturated heterocycles. The summed E-state index contributed by atoms with van der Waals surface area (Å²) in [5, 5.41) is 3.77. The molecule has 0 atom stereocenters. The third-order valence-electron chi connectivity index (χ3n) is 5.19. The van der Waals surface area contributed by atoms with E-state index in [-0.39, 0.29) is 5.91 Å². The van der Waals surface area contributed by atoms with Crippen molar-refractivity contribution in [2.45, 2.75) is 31.3 Å². The lowest BCUT2D eigenvalue weighted by molar-refractivity contribution is 0.0984. The van der Waals surface area contributed by atoms with Crippen molar-refractivity contribution in [2.75, 3.05) is 5.75 Å². The molecule has 5 nitrogen and oxygen atoms in total. The molecule has 1 heterocycles. The number of hydrogen-bond acceptors (Lipinski definition) is 6. The van der Waals surface area contributed by atoms with Crippen molar-refractivity contribution in [1.82, 2.24) is 14.9 Å². The fourth-order valence-electron chi connectivity index (χ4n) is 3.38. The van der Waals surface area contributed by atoms with Gasteiger partial charge >= 0.3 is 0 Å². The number of carbonyl (C=O) groups excluding carboxylic acids is 1. The highest BCUT2D eigenvalue weighted by atomic mass is 32.2. The van der Waals surface area contributed by atoms with Crippen LogP contribution < -0.4 is 4.72 Å². The van der Waals surface area contributed by atoms with Gasteiger partial charge in [0.25, 0.3) is 5.91 Å². The normalized spacial score (nSPS) is 10.9. The van der Waals surface area contributed by atoms with Gasteiger partial charge in [-0.1, -0.05) is 83.8 Å². The minimum atomic E-state index is -0.0728. The predicted octanol–water partition coefficient (Wildman–Crippen LogP) is 6.49. The van der Waals surface area contributed by atoms with Crippen LogP contribution in [-0.2, 0) is 17.9 Å². The molecule has 0 radical (unpaired) electrons. The Hall–Kier alpha value is -3.03. The van der Waals surface area contributed by atoms with Crippen LogP contribution in [0.3, 0.4) is 0 Å². The largest absolute Gasteiger partial charge is 0.339 e. The van der Waals surface area contributed by atoms with E-state index in [0.717, 1.165) is 23.7 Å². The van der Waals surface area contributed by atoms with Gasteiger partial charge in [-0.3, -0.25) is 9.52 Å². The van der Waals surface area contributed by atoms with Gasteiger partial charge in [-0.15, -0.1) is 0 Å². The zero-order valence-corrected chi connectivity index (χ0v) is 20.7. The predicted molar refractivity (Wildman–Crippen MR) is 141 cm³/mol. The van der Waals surface area contributed by atoms with Gasteiger partial charge in [0, 0.05) is 29.2 Å². The molecule has 1 amide bonds. The maximum atomic E-state index is 12.3. The Labute approximate surface area is 208 Å². The quantitative estimate of drug-likeness (QED) is 0.192. The molecular formula is C27H27N3O2S2. The summed E-state index contributed by atoms with van der Waals surface area (Å²) >= 11 is 3.28. The molecule has 1 aromatic heterocycles. The molecule has 0 aliphatic rings. The fourth-order valence-corrected chi connectivity index (χ4v) is 4.97. The second kappa shape index (κ2) is 12.4. The van der Waals surface area contributed by atoms with Crippen LogP contribution in [0, 0.1) is 6.92 Å². The minimum absolute atomic E-state index is 0.0728. The molecule has 0 bridgehead atoms. The molecule has 1 N–H and O–H groups in total. The number of aromatic nitrogens is 2. The second-order valence-corrected chi connectivity index (χ2v) is 9.76. The number of thioether (sulfide) groups is 1. The van der Waals surface area contributed by atoms with Crippen LogP contribution in [0.4, 0.5) is 0 Å². The summed E-state index contributed by atoms with van der Waals surface area (Å²) in [5.74, 6) is 3.87. The van der Waals surface area contributed by atoms with E-state index >= 15 is 0 Å². The number of amides is 1. The first kappa shape index (κ1) is 24.1. The van der Waals surface area contributed by atoms with E-state index in [0.29, 0.717) is 23.7 Å². The molecule has 34 heavy (non-hydrogen) atoms. The van der Waals surface area contributed by atoms with E-state index in [9.17, 15) is 4.79 Å². The highest BCUT2D eigenvalue weighted by molar-refractivity contribution is 7.98. The van der Waals surface area contributed by atoms with Gasteiger partial charge in [0.05, 0.1) is 0 Å². The number of aryl methyl sites for hydroxylation is 2. The SMILES string of the molecule is Cc1noc(CCCSNC(=O)c2ccc(CSCc3ccc(-c4ccccc4)cc3)cc2)n1. The summed E-state index contributed by atoms with van der Waals surface area (Å²) in [4.78, 5) is 16.5. The molecule has 4 aromatic rings. The van der Waals surface area contributed by atoms with Crippen molar-refractivity contribution in [2.24, 2.45) is 0 Å². The van der Waals surface area contributed by atoms with Crippen molar-refractivity contribution < 1.29 is 9.32 Å². The molecule has 7 heteroatoms. The lowest BCUT2D eigenvalue weighted by Gasteiger charge is -2.07. The first-order valence-corrected chi connectivity index (χ1v) is 13.3. The number of nitrogens with zero attached hydrogens (tertiary/aromatic N) is 2. The fraction of sp³-hybridized carbons (Fsp3) is 0.222. The highest BCUT2D eigenvalue weighted by Crippen LogP contribution is 2.23. The summed E-state index contributed by atoms with van der Waals surface area (Å²) < 4.78 is 7.98. The first-order valence-electron chi connectivity index (χ1n) is 11.2. The summed E-state index contributed by atoms with van der Waals surface area (Å²) in [6.45, 7) is 1.80. The van der Waals surface area contributed by atoms with Gasteiger partial charge in [0.1, 0.15) is 0 Å². The molecule has 0 saturated carbocycles. The zero-order chi connectivity index (χ0) is 23.6. The van der Waals surface area contributed by atoms with E-state index < -0.39 is 0 Å². The lowest BCUT2D eigenvalue weighted by Crippen LogP contribution is -2.16. The molecule has 0 aliphatic heterocycles. The smallest absolute Gasteiger partial charge is 0.261 e. The van der Waals surface area contributed by atoms with Crippen LogP contribution in [0.1, 0.15) is 39.6 Å². The van der Waals surface area contributed by atoms with Gasteiger partial charge in [0.15, 0.2) is 5.82 Å². The summed E-state index contributed by atoms with van der Waals surface area (Å²) in [7, 11) is 0. The van der Waals surface area contributed by atoms with Crippen LogP contribution in [-0.4, -0.2) is 21.8 Å². The molecule has 3 aromatic carbocycles. The van der Waals surface area contributed by atoms with Gasteiger partial charge in [0.2, 0.25) is 5.89 Å². The van der Waals surface area contributed by atoms with Gasteiger partial charge < -0.3 is 4.52 Å². The Balaban J connectivity index is 1.15. The van der Waals surface area contributed by atoms with Crippen LogP contribution in [0.25, 0.3) is 11.1 Å². The average Bonchev–Trinajstić information content (AvgIpc) is 3.30. The molecule has 0 spiro atoms. The van der Waals surface area contributed by atoms with Crippen molar-refractivity contribution in [1.29, 1.82) is 0 Å². The maximum Gasteiger partial charge on any atom is 0.261 e. The Bertz CT molecular complexity index is 1180. The summed E-state index contributed by atoms with van der Waals surface area (Å²) in [6, 6.07) is 27.0. The number of rotatable bonds is 11. The maximum absolute atomic E-state index is 12.3. The standard InChI is InChI=1S/C27H27N3O2S2/c1-20-28-26(32-29-20)8-5-17-34-30-27(31)25-15-11-22(12-16-25)19-33-18-21-9-13-24(14-10-21)23-6-3-2-4-7-23/h2-4,6-7,9-16H,5,8,17-19H2,1H3,(H,30,31). The van der Waals surface area contributed by atoms with Crippen LogP contribution in [0.15, 0.2) is 83.4 Å². The molecule has 0 aliphatic carbocycles. The average molecular weight is 490 g/mol. The van der Waals surface area contributed by atoms with E-state index in [1.807, 2.05) is 42.1 Å². The topological polar surface area (TPSA) is 68.0 Å². The van der Waals surface area contributed by atoms with Gasteiger partial charge in [-0.05, 0) is 47.7 Å². The molecule has 4 rings (SSSR count).